The summed E-state index contributed by atoms with van der Waals surface area (Å²) >= 11 is 7.68. The third-order valence-corrected chi connectivity index (χ3v) is 9.70. The average molecular weight is 597 g/mol. The van der Waals surface area contributed by atoms with Crippen molar-refractivity contribution in [1.82, 2.24) is 0 Å². The molecule has 210 valence electrons. The van der Waals surface area contributed by atoms with E-state index >= 15 is 4.79 Å². The number of carbonyl (C=O) groups is 3. The summed E-state index contributed by atoms with van der Waals surface area (Å²) in [7, 11) is 3.00. The molecule has 1 aromatic heterocycles. The van der Waals surface area contributed by atoms with Crippen molar-refractivity contribution in [1.29, 1.82) is 0 Å². The highest BCUT2D eigenvalue weighted by Crippen LogP contribution is 2.58. The van der Waals surface area contributed by atoms with Crippen LogP contribution in [0.15, 0.2) is 84.3 Å². The molecule has 1 N–H and O–H groups in total. The summed E-state index contributed by atoms with van der Waals surface area (Å²) in [6.07, 6.45) is 3.84. The number of fused-ring (bicyclic) bond motifs is 6. The zero-order valence-corrected chi connectivity index (χ0v) is 24.2. The van der Waals surface area contributed by atoms with Crippen LogP contribution in [0.25, 0.3) is 6.08 Å². The van der Waals surface area contributed by atoms with Gasteiger partial charge in [-0.2, -0.15) is 0 Å². The molecule has 9 heteroatoms. The van der Waals surface area contributed by atoms with Gasteiger partial charge in [0, 0.05) is 16.4 Å². The summed E-state index contributed by atoms with van der Waals surface area (Å²) in [5.41, 5.74) is 1.64. The molecule has 3 aromatic carbocycles. The zero-order chi connectivity index (χ0) is 29.2. The Morgan fingerprint density at radius 2 is 1.81 bits per heavy atom. The van der Waals surface area contributed by atoms with Crippen LogP contribution in [0, 0.1) is 5.92 Å². The van der Waals surface area contributed by atoms with E-state index in [4.69, 9.17) is 21.1 Å². The van der Waals surface area contributed by atoms with E-state index in [0.29, 0.717) is 32.6 Å². The van der Waals surface area contributed by atoms with Crippen molar-refractivity contribution in [3.05, 3.63) is 111 Å². The topological polar surface area (TPSA) is 84.9 Å². The molecule has 42 heavy (non-hydrogen) atoms. The Kier molecular flexibility index (Phi) is 6.22. The van der Waals surface area contributed by atoms with E-state index in [1.807, 2.05) is 64.9 Å². The molecule has 0 aliphatic carbocycles. The van der Waals surface area contributed by atoms with Crippen molar-refractivity contribution in [2.45, 2.75) is 17.5 Å². The molecule has 7 nitrogen and oxygen atoms in total. The van der Waals surface area contributed by atoms with Gasteiger partial charge in [0.25, 0.3) is 0 Å². The van der Waals surface area contributed by atoms with Gasteiger partial charge in [0.1, 0.15) is 23.0 Å². The number of anilines is 2. The van der Waals surface area contributed by atoms with Gasteiger partial charge in [-0.15, -0.1) is 11.3 Å². The SMILES string of the molecule is COc1ccc(OC)c(C(=O)[C@@H]2[C@H](C(=O)c3cccs3)N3c4ccc(Cl)cc4C=C[C@H]3[C@@]23C(=O)Nc2ccccc23)c1. The maximum absolute atomic E-state index is 15.1. The molecule has 1 fully saturated rings. The third kappa shape index (κ3) is 3.61. The second-order valence-corrected chi connectivity index (χ2v) is 11.9. The number of benzene rings is 3. The number of rotatable bonds is 6. The van der Waals surface area contributed by atoms with E-state index in [9.17, 15) is 9.59 Å². The Hall–Kier alpha value is -4.40. The molecule has 4 atom stereocenters. The fourth-order valence-electron chi connectivity index (χ4n) is 6.89. The molecule has 4 aromatic rings. The van der Waals surface area contributed by atoms with Crippen molar-refractivity contribution >= 4 is 57.9 Å². The fourth-order valence-corrected chi connectivity index (χ4v) is 7.77. The molecule has 0 radical (unpaired) electrons. The maximum atomic E-state index is 15.1. The third-order valence-electron chi connectivity index (χ3n) is 8.58. The minimum absolute atomic E-state index is 0.236. The van der Waals surface area contributed by atoms with Crippen molar-refractivity contribution in [3.8, 4) is 11.5 Å². The van der Waals surface area contributed by atoms with Gasteiger partial charge in [-0.1, -0.05) is 48.0 Å². The molecule has 7 rings (SSSR count). The highest BCUT2D eigenvalue weighted by molar-refractivity contribution is 7.12. The van der Waals surface area contributed by atoms with Crippen molar-refractivity contribution in [2.75, 3.05) is 24.4 Å². The summed E-state index contributed by atoms with van der Waals surface area (Å²) < 4.78 is 11.1. The molecule has 0 unspecified atom stereocenters. The number of methoxy groups -OCH3 is 2. The highest BCUT2D eigenvalue weighted by atomic mass is 35.5. The van der Waals surface area contributed by atoms with Crippen LogP contribution in [0.3, 0.4) is 0 Å². The number of nitrogens with zero attached hydrogens (tertiary/aromatic N) is 1. The summed E-state index contributed by atoms with van der Waals surface area (Å²) in [6.45, 7) is 0. The number of Topliss-reactive ketones (excluding diaryl/α,β-unsaturated/α-hetero) is 2. The summed E-state index contributed by atoms with van der Waals surface area (Å²) in [6, 6.07) is 19.7. The molecule has 1 spiro atoms. The number of para-hydroxylation sites is 1. The summed E-state index contributed by atoms with van der Waals surface area (Å²) in [5, 5.41) is 5.42. The number of hydrogen-bond acceptors (Lipinski definition) is 7. The number of hydrogen-bond donors (Lipinski definition) is 1. The first kappa shape index (κ1) is 26.5. The quantitative estimate of drug-likeness (QED) is 0.264. The monoisotopic (exact) mass is 596 g/mol. The van der Waals surface area contributed by atoms with Crippen LogP contribution >= 0.6 is 22.9 Å². The Morgan fingerprint density at radius 3 is 2.57 bits per heavy atom. The largest absolute Gasteiger partial charge is 0.497 e. The van der Waals surface area contributed by atoms with Crippen molar-refractivity contribution in [2.24, 2.45) is 5.92 Å². The summed E-state index contributed by atoms with van der Waals surface area (Å²) in [5.74, 6) is -1.28. The molecule has 3 aliphatic heterocycles. The number of ketones is 2. The molecular formula is C33H25ClN2O5S. The van der Waals surface area contributed by atoms with Crippen LogP contribution in [0.4, 0.5) is 11.4 Å². The number of halogens is 1. The second kappa shape index (κ2) is 9.86. The predicted octanol–water partition coefficient (Wildman–Crippen LogP) is 6.27. The minimum atomic E-state index is -1.42. The number of ether oxygens (including phenoxy) is 2. The van der Waals surface area contributed by atoms with Crippen LogP contribution in [0.2, 0.25) is 5.02 Å². The van der Waals surface area contributed by atoms with Crippen molar-refractivity contribution < 1.29 is 23.9 Å². The Morgan fingerprint density at radius 1 is 0.976 bits per heavy atom. The lowest BCUT2D eigenvalue weighted by atomic mass is 9.64. The molecule has 3 aliphatic rings. The van der Waals surface area contributed by atoms with Gasteiger partial charge in [0.2, 0.25) is 5.91 Å². The Labute approximate surface area is 251 Å². The Bertz CT molecular complexity index is 1800. The van der Waals surface area contributed by atoms with Crippen LogP contribution in [0.5, 0.6) is 11.5 Å². The van der Waals surface area contributed by atoms with E-state index in [2.05, 4.69) is 5.32 Å². The first-order valence-corrected chi connectivity index (χ1v) is 14.7. The van der Waals surface area contributed by atoms with Gasteiger partial charge in [0.15, 0.2) is 11.6 Å². The molecule has 4 heterocycles. The lowest BCUT2D eigenvalue weighted by Gasteiger charge is -2.37. The molecule has 1 saturated heterocycles. The first-order valence-electron chi connectivity index (χ1n) is 13.4. The van der Waals surface area contributed by atoms with E-state index in [0.717, 1.165) is 11.3 Å². The molecule has 0 bridgehead atoms. The van der Waals surface area contributed by atoms with Gasteiger partial charge in [-0.25, -0.2) is 0 Å². The van der Waals surface area contributed by atoms with Crippen molar-refractivity contribution in [3.63, 3.8) is 0 Å². The number of nitrogens with one attached hydrogen (secondary N) is 1. The van der Waals surface area contributed by atoms with Gasteiger partial charge < -0.3 is 19.7 Å². The van der Waals surface area contributed by atoms with Gasteiger partial charge >= 0.3 is 0 Å². The van der Waals surface area contributed by atoms with Gasteiger partial charge in [0.05, 0.1) is 36.6 Å². The number of amides is 1. The van der Waals surface area contributed by atoms with Crippen LogP contribution < -0.4 is 19.7 Å². The van der Waals surface area contributed by atoms with E-state index in [-0.39, 0.29) is 23.0 Å². The minimum Gasteiger partial charge on any atom is -0.497 e. The van der Waals surface area contributed by atoms with Crippen LogP contribution in [-0.2, 0) is 10.2 Å². The molecule has 1 amide bonds. The fraction of sp³-hybridized carbons (Fsp3) is 0.182. The van der Waals surface area contributed by atoms with Crippen LogP contribution in [0.1, 0.15) is 31.2 Å². The highest BCUT2D eigenvalue weighted by Gasteiger charge is 2.70. The molecule has 0 saturated carbocycles. The molecular weight excluding hydrogens is 572 g/mol. The summed E-state index contributed by atoms with van der Waals surface area (Å²) in [4.78, 5) is 46.6. The van der Waals surface area contributed by atoms with Crippen LogP contribution in [-0.4, -0.2) is 43.8 Å². The van der Waals surface area contributed by atoms with E-state index < -0.39 is 23.4 Å². The number of carbonyl (C=O) groups excluding carboxylic acids is 3. The van der Waals surface area contributed by atoms with E-state index in [1.165, 1.54) is 25.6 Å². The van der Waals surface area contributed by atoms with Gasteiger partial charge in [-0.05, 0) is 65.0 Å². The predicted molar refractivity (Wildman–Crippen MR) is 163 cm³/mol. The zero-order valence-electron chi connectivity index (χ0n) is 22.7. The normalized spacial score (nSPS) is 23.3. The van der Waals surface area contributed by atoms with E-state index in [1.54, 1.807) is 30.3 Å². The lowest BCUT2D eigenvalue weighted by Crippen LogP contribution is -2.51. The average Bonchev–Trinajstić information content (AvgIpc) is 3.73. The smallest absolute Gasteiger partial charge is 0.238 e. The van der Waals surface area contributed by atoms with Gasteiger partial charge in [-0.3, -0.25) is 14.4 Å². The Balaban J connectivity index is 1.55. The maximum Gasteiger partial charge on any atom is 0.238 e. The second-order valence-electron chi connectivity index (χ2n) is 10.5. The lowest BCUT2D eigenvalue weighted by molar-refractivity contribution is -0.121. The first-order chi connectivity index (χ1) is 20.4. The standard InChI is InChI=1S/C33H25ClN2O5S/c1-40-20-11-13-25(41-2)21(17-20)30(37)28-29(31(38)26-8-5-15-42-26)36-24-12-10-19(34)16-18(24)9-14-27(36)33(28)22-6-3-4-7-23(22)35-32(33)39/h3-17,27-29H,1-2H3,(H,35,39)/t27-,28-,29+,33+/m0/s1. The number of thiophene rings is 1.